The van der Waals surface area contributed by atoms with Gasteiger partial charge in [0.15, 0.2) is 18.2 Å². The van der Waals surface area contributed by atoms with Crippen LogP contribution in [0.4, 0.5) is 0 Å². The minimum atomic E-state index is -4.27. The first kappa shape index (κ1) is 44.1. The molecule has 59 heavy (non-hydrogen) atoms. The zero-order valence-corrected chi connectivity index (χ0v) is 34.6. The lowest BCUT2D eigenvalue weighted by molar-refractivity contribution is -0.226. The summed E-state index contributed by atoms with van der Waals surface area (Å²) in [6, 6.07) is 38.8. The third-order valence-electron chi connectivity index (χ3n) is 9.38. The average molecular weight is 829 g/mol. The van der Waals surface area contributed by atoms with Crippen molar-refractivity contribution in [1.29, 1.82) is 0 Å². The van der Waals surface area contributed by atoms with Crippen molar-refractivity contribution < 1.29 is 56.3 Å². The van der Waals surface area contributed by atoms with E-state index >= 15 is 0 Å². The van der Waals surface area contributed by atoms with Crippen LogP contribution in [0.15, 0.2) is 145 Å². The van der Waals surface area contributed by atoms with Gasteiger partial charge in [0, 0.05) is 6.92 Å². The Hall–Kier alpha value is -4.46. The highest BCUT2D eigenvalue weighted by Gasteiger charge is 2.51. The van der Waals surface area contributed by atoms with E-state index in [4.69, 9.17) is 46.9 Å². The van der Waals surface area contributed by atoms with Gasteiger partial charge in [0.2, 0.25) is 0 Å². The van der Waals surface area contributed by atoms with Crippen LogP contribution in [0.25, 0.3) is 0 Å². The number of benzene rings is 4. The van der Waals surface area contributed by atoms with Gasteiger partial charge >= 0.3 is 13.6 Å². The Morgan fingerprint density at radius 2 is 1.14 bits per heavy atom. The standard InChI is InChI=1S/C46H53O12P/c1-4-55-59(48,56-5-2)45-44(57-34(3)47)43(53-31-38-24-16-9-17-25-38)41(32-49-28-35-18-10-6-11-19-35)58-46(45)54-33-40-42(52-30-37-22-14-8-15-23-37)39(26-27-50-40)51-29-36-20-12-7-13-21-36/h6-27,39-43,46H,4-5,28-33H2,1-3H3/t39-,40-,41-,42+,43+,46+/m1/s1. The van der Waals surface area contributed by atoms with Crippen molar-refractivity contribution in [2.24, 2.45) is 0 Å². The van der Waals surface area contributed by atoms with Gasteiger partial charge in [-0.3, -0.25) is 9.36 Å². The van der Waals surface area contributed by atoms with Crippen LogP contribution in [0.1, 0.15) is 43.0 Å². The van der Waals surface area contributed by atoms with Crippen LogP contribution in [-0.2, 0) is 82.7 Å². The zero-order valence-electron chi connectivity index (χ0n) is 33.7. The van der Waals surface area contributed by atoms with Gasteiger partial charge in [0.05, 0.1) is 59.1 Å². The summed E-state index contributed by atoms with van der Waals surface area (Å²) in [5.41, 5.74) is 3.76. The molecule has 0 saturated heterocycles. The Morgan fingerprint density at radius 1 is 0.627 bits per heavy atom. The van der Waals surface area contributed by atoms with Crippen LogP contribution in [0.2, 0.25) is 0 Å². The number of rotatable bonds is 22. The molecular formula is C46H53O12P. The number of hydrogen-bond acceptors (Lipinski definition) is 12. The van der Waals surface area contributed by atoms with Crippen molar-refractivity contribution in [2.45, 2.75) is 84.0 Å². The Bertz CT molecular complexity index is 1950. The minimum absolute atomic E-state index is 0.00632. The first-order valence-corrected chi connectivity index (χ1v) is 21.4. The van der Waals surface area contributed by atoms with Gasteiger partial charge in [0.1, 0.15) is 29.7 Å². The molecule has 0 amide bonds. The van der Waals surface area contributed by atoms with Crippen LogP contribution in [-0.4, -0.2) is 69.2 Å². The molecule has 2 aliphatic rings. The van der Waals surface area contributed by atoms with E-state index in [0.29, 0.717) is 6.61 Å². The molecule has 0 aliphatic carbocycles. The van der Waals surface area contributed by atoms with E-state index in [1.165, 1.54) is 6.92 Å². The van der Waals surface area contributed by atoms with Crippen molar-refractivity contribution in [3.05, 3.63) is 167 Å². The number of ether oxygens (including phenoxy) is 8. The maximum atomic E-state index is 14.9. The summed E-state index contributed by atoms with van der Waals surface area (Å²) in [6.07, 6.45) is -1.96. The van der Waals surface area contributed by atoms with E-state index in [1.807, 2.05) is 127 Å². The molecule has 0 saturated carbocycles. The van der Waals surface area contributed by atoms with E-state index in [1.54, 1.807) is 20.1 Å². The number of carbonyl (C=O) groups excluding carboxylic acids is 1. The van der Waals surface area contributed by atoms with Gasteiger partial charge in [-0.15, -0.1) is 0 Å². The van der Waals surface area contributed by atoms with Gasteiger partial charge < -0.3 is 46.9 Å². The SMILES string of the molecule is CCOP(=O)(OCC)C1=C(OC(C)=O)[C@@H](OCc2ccccc2)[C@@H](COCc2ccccc2)O[C@@H]1OC[C@H]1OC=C[C@@H](OCc2ccccc2)[C@@H]1OCc1ccccc1. The predicted octanol–water partition coefficient (Wildman–Crippen LogP) is 8.65. The quantitative estimate of drug-likeness (QED) is 0.0556. The molecule has 2 heterocycles. The van der Waals surface area contributed by atoms with Gasteiger partial charge in [-0.25, -0.2) is 0 Å². The third kappa shape index (κ3) is 12.8. The number of esters is 1. The van der Waals surface area contributed by atoms with Gasteiger partial charge in [-0.2, -0.15) is 0 Å². The highest BCUT2D eigenvalue weighted by molar-refractivity contribution is 7.58. The fourth-order valence-electron chi connectivity index (χ4n) is 6.65. The van der Waals surface area contributed by atoms with E-state index in [2.05, 4.69) is 0 Å². The second-order valence-corrected chi connectivity index (χ2v) is 15.8. The highest BCUT2D eigenvalue weighted by Crippen LogP contribution is 2.61. The lowest BCUT2D eigenvalue weighted by atomic mass is 10.1. The smallest absolute Gasteiger partial charge is 0.365 e. The fraction of sp³-hybridized carbons (Fsp3) is 0.370. The first-order valence-electron chi connectivity index (χ1n) is 19.9. The maximum Gasteiger partial charge on any atom is 0.365 e. The van der Waals surface area contributed by atoms with Crippen LogP contribution in [0.5, 0.6) is 0 Å². The molecule has 13 heteroatoms. The number of hydrogen-bond donors (Lipinski definition) is 0. The monoisotopic (exact) mass is 828 g/mol. The van der Waals surface area contributed by atoms with Gasteiger partial charge in [-0.1, -0.05) is 121 Å². The summed E-state index contributed by atoms with van der Waals surface area (Å²) in [4.78, 5) is 12.9. The van der Waals surface area contributed by atoms with Crippen molar-refractivity contribution >= 4 is 13.6 Å². The molecule has 2 aliphatic heterocycles. The molecule has 12 nitrogen and oxygen atoms in total. The first-order chi connectivity index (χ1) is 28.9. The second kappa shape index (κ2) is 22.8. The van der Waals surface area contributed by atoms with Gasteiger partial charge in [0.25, 0.3) is 0 Å². The topological polar surface area (TPSA) is 126 Å². The Labute approximate surface area is 346 Å². The molecule has 6 rings (SSSR count). The second-order valence-electron chi connectivity index (χ2n) is 13.8. The lowest BCUT2D eigenvalue weighted by Gasteiger charge is -2.40. The molecule has 0 radical (unpaired) electrons. The molecule has 0 bridgehead atoms. The van der Waals surface area contributed by atoms with E-state index < -0.39 is 50.4 Å². The molecule has 4 aromatic carbocycles. The van der Waals surface area contributed by atoms with Crippen LogP contribution >= 0.6 is 7.60 Å². The Morgan fingerprint density at radius 3 is 1.66 bits per heavy atom. The number of carbonyl (C=O) groups is 1. The third-order valence-corrected chi connectivity index (χ3v) is 11.6. The summed E-state index contributed by atoms with van der Waals surface area (Å²) in [7, 11) is -4.27. The van der Waals surface area contributed by atoms with Crippen LogP contribution in [0.3, 0.4) is 0 Å². The maximum absolute atomic E-state index is 14.9. The summed E-state index contributed by atoms with van der Waals surface area (Å²) in [6.45, 7) is 5.47. The summed E-state index contributed by atoms with van der Waals surface area (Å²) >= 11 is 0. The lowest BCUT2D eigenvalue weighted by Crippen LogP contribution is -2.49. The largest absolute Gasteiger partial charge is 0.493 e. The Kier molecular flexibility index (Phi) is 17.0. The molecule has 0 aromatic heterocycles. The normalized spacial score (nSPS) is 21.9. The van der Waals surface area contributed by atoms with E-state index in [9.17, 15) is 9.36 Å². The van der Waals surface area contributed by atoms with Gasteiger partial charge in [-0.05, 0) is 42.2 Å². The van der Waals surface area contributed by atoms with Crippen molar-refractivity contribution in [2.75, 3.05) is 26.4 Å². The van der Waals surface area contributed by atoms with Crippen LogP contribution < -0.4 is 0 Å². The van der Waals surface area contributed by atoms with E-state index in [-0.39, 0.29) is 57.3 Å². The molecule has 4 aromatic rings. The van der Waals surface area contributed by atoms with Crippen molar-refractivity contribution in [1.82, 2.24) is 0 Å². The molecule has 0 fully saturated rings. The van der Waals surface area contributed by atoms with Crippen LogP contribution in [0, 0.1) is 0 Å². The highest BCUT2D eigenvalue weighted by atomic mass is 31.2. The molecule has 6 atom stereocenters. The molecule has 0 unspecified atom stereocenters. The average Bonchev–Trinajstić information content (AvgIpc) is 3.25. The summed E-state index contributed by atoms with van der Waals surface area (Å²) in [5.74, 6) is -0.767. The molecular weight excluding hydrogens is 775 g/mol. The van der Waals surface area contributed by atoms with Crippen molar-refractivity contribution in [3.8, 4) is 0 Å². The fourth-order valence-corrected chi connectivity index (χ4v) is 8.52. The minimum Gasteiger partial charge on any atom is -0.493 e. The Balaban J connectivity index is 1.33. The molecule has 314 valence electrons. The predicted molar refractivity (Wildman–Crippen MR) is 219 cm³/mol. The zero-order chi connectivity index (χ0) is 41.3. The summed E-state index contributed by atoms with van der Waals surface area (Å²) < 4.78 is 77.6. The molecule has 0 spiro atoms. The summed E-state index contributed by atoms with van der Waals surface area (Å²) in [5, 5.41) is -0.126. The van der Waals surface area contributed by atoms with E-state index in [0.717, 1.165) is 22.3 Å². The molecule has 0 N–H and O–H groups in total. The van der Waals surface area contributed by atoms with Crippen molar-refractivity contribution in [3.63, 3.8) is 0 Å².